The summed E-state index contributed by atoms with van der Waals surface area (Å²) in [6, 6.07) is 4.06. The first kappa shape index (κ1) is 12.6. The van der Waals surface area contributed by atoms with E-state index in [2.05, 4.69) is 54.8 Å². The Morgan fingerprint density at radius 3 is 2.00 bits per heavy atom. The Morgan fingerprint density at radius 2 is 1.53 bits per heavy atom. The summed E-state index contributed by atoms with van der Waals surface area (Å²) in [5, 5.41) is 0. The van der Waals surface area contributed by atoms with Crippen molar-refractivity contribution in [3.8, 4) is 0 Å². The van der Waals surface area contributed by atoms with Gasteiger partial charge >= 0.3 is 0 Å². The van der Waals surface area contributed by atoms with Crippen molar-refractivity contribution in [3.63, 3.8) is 0 Å². The van der Waals surface area contributed by atoms with Gasteiger partial charge in [-0.3, -0.25) is 0 Å². The lowest BCUT2D eigenvalue weighted by molar-refractivity contribution is 0.145. The van der Waals surface area contributed by atoms with E-state index in [4.69, 9.17) is 9.47 Å². The van der Waals surface area contributed by atoms with Crippen molar-refractivity contribution in [2.45, 2.75) is 12.5 Å². The van der Waals surface area contributed by atoms with Gasteiger partial charge in [-0.2, -0.15) is 0 Å². The van der Waals surface area contributed by atoms with E-state index in [1.54, 1.807) is 0 Å². The fourth-order valence-corrected chi connectivity index (χ4v) is 4.16. The van der Waals surface area contributed by atoms with Crippen LogP contribution in [0.1, 0.15) is 0 Å². The van der Waals surface area contributed by atoms with Gasteiger partial charge in [-0.05, 0) is 59.9 Å². The van der Waals surface area contributed by atoms with Crippen molar-refractivity contribution < 1.29 is 9.47 Å². The maximum Gasteiger partial charge on any atom is 0.224 e. The van der Waals surface area contributed by atoms with Gasteiger partial charge in [-0.15, -0.1) is 0 Å². The highest BCUT2D eigenvalue weighted by atomic mass is 79.9. The first-order valence-electron chi connectivity index (χ1n) is 5.28. The van der Waals surface area contributed by atoms with E-state index in [0.717, 1.165) is 26.6 Å². The Labute approximate surface area is 125 Å². The third kappa shape index (κ3) is 2.03. The molecule has 2 saturated heterocycles. The first-order valence-corrected chi connectivity index (χ1v) is 7.66. The quantitative estimate of drug-likeness (QED) is 0.417. The molecule has 2 fully saturated rings. The minimum Gasteiger partial charge on any atom is -0.318 e. The molecule has 1 aromatic carbocycles. The highest BCUT2D eigenvalue weighted by molar-refractivity contribution is 9.13. The van der Waals surface area contributed by atoms with E-state index in [-0.39, 0.29) is 12.5 Å². The van der Waals surface area contributed by atoms with Crippen molar-refractivity contribution in [1.82, 2.24) is 4.48 Å². The fourth-order valence-electron chi connectivity index (χ4n) is 2.14. The van der Waals surface area contributed by atoms with Crippen molar-refractivity contribution in [3.05, 3.63) is 25.6 Å². The smallest absolute Gasteiger partial charge is 0.224 e. The molecular formula is C11H11Br3NO2+. The maximum absolute atomic E-state index is 5.51. The zero-order chi connectivity index (χ0) is 12.2. The van der Waals surface area contributed by atoms with Crippen LogP contribution in [-0.2, 0) is 9.47 Å². The summed E-state index contributed by atoms with van der Waals surface area (Å²) in [7, 11) is 2.16. The highest BCUT2D eigenvalue weighted by Gasteiger charge is 2.57. The topological polar surface area (TPSA) is 25.1 Å². The van der Waals surface area contributed by atoms with Crippen LogP contribution < -0.4 is 4.48 Å². The van der Waals surface area contributed by atoms with Crippen LogP contribution in [0.15, 0.2) is 25.6 Å². The second-order valence-corrected chi connectivity index (χ2v) is 6.92. The molecule has 2 aliphatic heterocycles. The average molecular weight is 429 g/mol. The van der Waals surface area contributed by atoms with Crippen molar-refractivity contribution in [2.24, 2.45) is 0 Å². The number of halogens is 3. The van der Waals surface area contributed by atoms with Crippen LogP contribution in [0, 0.1) is 0 Å². The molecule has 3 nitrogen and oxygen atoms in total. The molecule has 2 atom stereocenters. The van der Waals surface area contributed by atoms with Crippen molar-refractivity contribution in [1.29, 1.82) is 0 Å². The molecule has 0 amide bonds. The van der Waals surface area contributed by atoms with Gasteiger partial charge < -0.3 is 9.47 Å². The fraction of sp³-hybridized carbons (Fsp3) is 0.455. The zero-order valence-corrected chi connectivity index (χ0v) is 13.9. The average Bonchev–Trinajstić information content (AvgIpc) is 3.17. The molecule has 2 aliphatic rings. The highest BCUT2D eigenvalue weighted by Crippen LogP contribution is 2.48. The Kier molecular flexibility index (Phi) is 3.17. The van der Waals surface area contributed by atoms with E-state index in [0.29, 0.717) is 4.48 Å². The molecule has 2 unspecified atom stereocenters. The summed E-state index contributed by atoms with van der Waals surface area (Å²) in [5.74, 6) is 0. The number of likely N-dealkylation sites (N-methyl/N-ethyl adjacent to an activating group) is 1. The van der Waals surface area contributed by atoms with E-state index in [9.17, 15) is 0 Å². The minimum atomic E-state index is 0.199. The van der Waals surface area contributed by atoms with Gasteiger partial charge in [-0.1, -0.05) is 0 Å². The number of quaternary nitrogens is 1. The van der Waals surface area contributed by atoms with Crippen LogP contribution in [0.5, 0.6) is 0 Å². The van der Waals surface area contributed by atoms with Gasteiger partial charge in [0.2, 0.25) is 12.5 Å². The second-order valence-electron chi connectivity index (χ2n) is 4.42. The summed E-state index contributed by atoms with van der Waals surface area (Å²) < 4.78 is 14.9. The predicted molar refractivity (Wildman–Crippen MR) is 76.7 cm³/mol. The van der Waals surface area contributed by atoms with Gasteiger partial charge in [0.1, 0.15) is 13.2 Å². The Bertz CT molecular complexity index is 460. The molecule has 0 aliphatic carbocycles. The largest absolute Gasteiger partial charge is 0.318 e. The maximum atomic E-state index is 5.51. The Morgan fingerprint density at radius 1 is 1.06 bits per heavy atom. The van der Waals surface area contributed by atoms with Crippen LogP contribution in [0.2, 0.25) is 0 Å². The van der Waals surface area contributed by atoms with Gasteiger partial charge in [0.25, 0.3) is 0 Å². The second kappa shape index (κ2) is 4.28. The molecular weight excluding hydrogens is 418 g/mol. The Balaban J connectivity index is 2.15. The van der Waals surface area contributed by atoms with E-state index < -0.39 is 0 Å². The van der Waals surface area contributed by atoms with E-state index >= 15 is 0 Å². The standard InChI is InChI=1S/C11H11Br3NO2/c1-15(8-4-16-8,9-5-17-9)11-7(13)3-2-6(12)10(11)14/h2-3,8-9H,4-5H2,1H3/q+1. The van der Waals surface area contributed by atoms with Crippen LogP contribution in [-0.4, -0.2) is 32.7 Å². The molecule has 3 rings (SSSR count). The molecule has 0 bridgehead atoms. The van der Waals surface area contributed by atoms with Gasteiger partial charge in [0.15, 0.2) is 5.69 Å². The minimum absolute atomic E-state index is 0.199. The molecule has 1 aromatic rings. The number of hydrogen-bond acceptors (Lipinski definition) is 2. The Hall–Kier alpha value is 0.540. The number of nitrogens with zero attached hydrogens (tertiary/aromatic N) is 1. The third-order valence-corrected chi connectivity index (χ3v) is 5.97. The van der Waals surface area contributed by atoms with E-state index in [1.165, 1.54) is 5.69 Å². The number of benzene rings is 1. The molecule has 92 valence electrons. The normalized spacial score (nSPS) is 29.9. The number of rotatable bonds is 3. The SMILES string of the molecule is C[N+](c1c(Br)ccc(Br)c1Br)(C1CO1)C1CO1. The molecule has 6 heteroatoms. The molecule has 0 spiro atoms. The summed E-state index contributed by atoms with van der Waals surface area (Å²) in [5.41, 5.74) is 1.17. The lowest BCUT2D eigenvalue weighted by atomic mass is 10.2. The lowest BCUT2D eigenvalue weighted by Gasteiger charge is -2.32. The summed E-state index contributed by atoms with van der Waals surface area (Å²) >= 11 is 10.8. The number of epoxide rings is 2. The molecule has 0 saturated carbocycles. The predicted octanol–water partition coefficient (Wildman–Crippen LogP) is 3.62. The first-order chi connectivity index (χ1) is 8.05. The summed E-state index contributed by atoms with van der Waals surface area (Å²) in [6.07, 6.45) is 0.397. The van der Waals surface area contributed by atoms with Crippen molar-refractivity contribution >= 4 is 53.5 Å². The number of hydrogen-bond donors (Lipinski definition) is 0. The van der Waals surface area contributed by atoms with Crippen LogP contribution in [0.3, 0.4) is 0 Å². The lowest BCUT2D eigenvalue weighted by Crippen LogP contribution is -2.51. The monoisotopic (exact) mass is 426 g/mol. The molecule has 2 heterocycles. The molecule has 0 aromatic heterocycles. The molecule has 0 radical (unpaired) electrons. The van der Waals surface area contributed by atoms with Gasteiger partial charge in [0, 0.05) is 4.47 Å². The van der Waals surface area contributed by atoms with Crippen LogP contribution in [0.4, 0.5) is 5.69 Å². The zero-order valence-electron chi connectivity index (χ0n) is 9.12. The number of ether oxygens (including phenoxy) is 2. The van der Waals surface area contributed by atoms with E-state index in [1.807, 2.05) is 12.1 Å². The third-order valence-electron chi connectivity index (χ3n) is 3.33. The van der Waals surface area contributed by atoms with Gasteiger partial charge in [0.05, 0.1) is 16.0 Å². The van der Waals surface area contributed by atoms with Crippen LogP contribution >= 0.6 is 47.8 Å². The van der Waals surface area contributed by atoms with Crippen LogP contribution in [0.25, 0.3) is 0 Å². The van der Waals surface area contributed by atoms with Gasteiger partial charge in [-0.25, -0.2) is 4.48 Å². The van der Waals surface area contributed by atoms with Crippen molar-refractivity contribution in [2.75, 3.05) is 20.3 Å². The molecule has 0 N–H and O–H groups in total. The molecule has 17 heavy (non-hydrogen) atoms. The summed E-state index contributed by atoms with van der Waals surface area (Å²) in [4.78, 5) is 0. The summed E-state index contributed by atoms with van der Waals surface area (Å²) in [6.45, 7) is 1.59.